The first-order valence-electron chi connectivity index (χ1n) is 20.9. The quantitative estimate of drug-likeness (QED) is 0.0498. The van der Waals surface area contributed by atoms with E-state index in [4.69, 9.17) is 0 Å². The topological polar surface area (TPSA) is 25.3 Å². The molecule has 0 aliphatic carbocycles. The van der Waals surface area contributed by atoms with Crippen molar-refractivity contribution >= 4 is 11.4 Å². The zero-order valence-corrected chi connectivity index (χ0v) is 33.9. The maximum atomic E-state index is 12.0. The molecule has 0 saturated carbocycles. The molecule has 2 nitrogen and oxygen atoms in total. The maximum absolute atomic E-state index is 12.0. The fourth-order valence-electron chi connectivity index (χ4n) is 7.30. The normalized spacial score (nSPS) is 13.1. The van der Waals surface area contributed by atoms with Crippen LogP contribution in [0.15, 0.2) is 60.2 Å². The SMILES string of the molecule is CCCCCCCCCCCCCC=CC1=C(c2cc(CC)cc(CC)c2)[N+](=[N-])C(c2cc(CCCCCC)cc(CCCCCC)c2)=C1.[Ni]. The van der Waals surface area contributed by atoms with Crippen molar-refractivity contribution in [1.29, 1.82) is 0 Å². The summed E-state index contributed by atoms with van der Waals surface area (Å²) in [5.41, 5.74) is 22.7. The van der Waals surface area contributed by atoms with Crippen LogP contribution in [-0.2, 0) is 42.2 Å². The van der Waals surface area contributed by atoms with Gasteiger partial charge in [-0.3, -0.25) is 0 Å². The summed E-state index contributed by atoms with van der Waals surface area (Å²) in [6.45, 7) is 11.3. The van der Waals surface area contributed by atoms with Gasteiger partial charge in [0.15, 0.2) is 0 Å². The summed E-state index contributed by atoms with van der Waals surface area (Å²) in [4.78, 5) is 0. The molecule has 0 spiro atoms. The van der Waals surface area contributed by atoms with E-state index in [0.29, 0.717) is 0 Å². The second-order valence-corrected chi connectivity index (χ2v) is 14.8. The zero-order valence-electron chi connectivity index (χ0n) is 32.9. The van der Waals surface area contributed by atoms with Gasteiger partial charge in [0, 0.05) is 33.7 Å². The van der Waals surface area contributed by atoms with Gasteiger partial charge in [-0.1, -0.05) is 162 Å². The summed E-state index contributed by atoms with van der Waals surface area (Å²) >= 11 is 0. The molecule has 2 aromatic carbocycles. The number of unbranched alkanes of at least 4 members (excludes halogenated alkanes) is 17. The Hall–Kier alpha value is -2.25. The minimum absolute atomic E-state index is 0. The van der Waals surface area contributed by atoms with Crippen LogP contribution in [0.2, 0.25) is 0 Å². The van der Waals surface area contributed by atoms with E-state index in [9.17, 15) is 5.53 Å². The van der Waals surface area contributed by atoms with Gasteiger partial charge in [-0.2, -0.15) is 0 Å². The van der Waals surface area contributed by atoms with Crippen LogP contribution in [0, 0.1) is 0 Å². The third-order valence-corrected chi connectivity index (χ3v) is 10.4. The van der Waals surface area contributed by atoms with Crippen LogP contribution in [0.1, 0.15) is 196 Å². The van der Waals surface area contributed by atoms with E-state index >= 15 is 0 Å². The molecule has 2 aromatic rings. The molecule has 1 aliphatic rings. The molecule has 0 N–H and O–H groups in total. The molecular weight excluding hydrogens is 651 g/mol. The van der Waals surface area contributed by atoms with E-state index in [2.05, 4.69) is 89.2 Å². The Morgan fingerprint density at radius 3 is 1.40 bits per heavy atom. The number of aryl methyl sites for hydroxylation is 4. The van der Waals surface area contributed by atoms with Gasteiger partial charge in [-0.15, -0.1) is 0 Å². The number of rotatable bonds is 27. The van der Waals surface area contributed by atoms with E-state index in [1.165, 1.54) is 149 Å². The molecule has 1 heterocycles. The van der Waals surface area contributed by atoms with Crippen molar-refractivity contribution in [1.82, 2.24) is 0 Å². The largest absolute Gasteiger partial charge is 0.493 e. The molecule has 0 saturated heterocycles. The number of allylic oxidation sites excluding steroid dienone is 4. The Balaban J connectivity index is 0.00000867. The van der Waals surface area contributed by atoms with Crippen molar-refractivity contribution in [3.8, 4) is 0 Å². The Morgan fingerprint density at radius 2 is 0.920 bits per heavy atom. The molecule has 0 atom stereocenters. The fraction of sp³-hybridized carbons (Fsp3) is 0.617. The molecule has 0 bridgehead atoms. The van der Waals surface area contributed by atoms with Gasteiger partial charge in [0.2, 0.25) is 11.4 Å². The molecule has 1 aliphatic heterocycles. The van der Waals surface area contributed by atoms with Gasteiger partial charge in [0.05, 0.1) is 5.57 Å². The molecule has 0 fully saturated rings. The van der Waals surface area contributed by atoms with Crippen LogP contribution < -0.4 is 0 Å². The molecule has 0 aromatic heterocycles. The van der Waals surface area contributed by atoms with Crippen LogP contribution in [-0.4, -0.2) is 4.70 Å². The Bertz CT molecular complexity index is 1290. The van der Waals surface area contributed by atoms with Crippen molar-refractivity contribution in [3.63, 3.8) is 0 Å². The van der Waals surface area contributed by atoms with E-state index < -0.39 is 0 Å². The monoisotopic (exact) mass is 723 g/mol. The molecule has 0 radical (unpaired) electrons. The Morgan fingerprint density at radius 1 is 0.500 bits per heavy atom. The number of benzene rings is 2. The summed E-state index contributed by atoms with van der Waals surface area (Å²) in [6, 6.07) is 14.0. The standard InChI is InChI=1S/C47H72N2.Ni/c1-6-11-14-17-18-19-20-21-22-23-24-25-28-31-43-38-46(49(48)47(43)45-34-39(9-4)32-40(10-5)35-45)44-36-41(29-26-15-12-7-2)33-42(37-44)30-27-16-13-8-3;/h28,31-38H,6-27,29-30H2,1-5H3;. The summed E-state index contributed by atoms with van der Waals surface area (Å²) in [6.07, 6.45) is 37.4. The van der Waals surface area contributed by atoms with Gasteiger partial charge >= 0.3 is 0 Å². The molecular formula is C47H72N2Ni. The second kappa shape index (κ2) is 26.5. The third-order valence-electron chi connectivity index (χ3n) is 10.4. The predicted molar refractivity (Wildman–Crippen MR) is 216 cm³/mol. The zero-order chi connectivity index (χ0) is 35.1. The number of nitrogens with zero attached hydrogens (tertiary/aromatic N) is 2. The molecule has 0 unspecified atom stereocenters. The van der Waals surface area contributed by atoms with Crippen molar-refractivity contribution in [2.75, 3.05) is 0 Å². The fourth-order valence-corrected chi connectivity index (χ4v) is 7.30. The maximum Gasteiger partial charge on any atom is 0.214 e. The summed E-state index contributed by atoms with van der Waals surface area (Å²) in [5.74, 6) is 0. The van der Waals surface area contributed by atoms with Gasteiger partial charge in [0.25, 0.3) is 0 Å². The average Bonchev–Trinajstić information content (AvgIpc) is 3.45. The van der Waals surface area contributed by atoms with Crippen LogP contribution in [0.5, 0.6) is 0 Å². The number of hydrogen-bond acceptors (Lipinski definition) is 0. The van der Waals surface area contributed by atoms with Crippen LogP contribution >= 0.6 is 0 Å². The average molecular weight is 724 g/mol. The Labute approximate surface area is 319 Å². The van der Waals surface area contributed by atoms with Gasteiger partial charge in [-0.25, -0.2) is 4.70 Å². The summed E-state index contributed by atoms with van der Waals surface area (Å²) < 4.78 is 1.51. The minimum atomic E-state index is 0. The van der Waals surface area contributed by atoms with Crippen molar-refractivity contribution in [2.24, 2.45) is 0 Å². The van der Waals surface area contributed by atoms with Gasteiger partial charge in [0.1, 0.15) is 0 Å². The number of hydrogen-bond donors (Lipinski definition) is 0. The molecule has 0 amide bonds. The second-order valence-electron chi connectivity index (χ2n) is 14.8. The first-order chi connectivity index (χ1) is 24.0. The Kier molecular flexibility index (Phi) is 23.3. The van der Waals surface area contributed by atoms with Crippen molar-refractivity contribution in [3.05, 3.63) is 99.1 Å². The van der Waals surface area contributed by atoms with Crippen molar-refractivity contribution < 1.29 is 21.2 Å². The molecule has 50 heavy (non-hydrogen) atoms. The third kappa shape index (κ3) is 15.6. The van der Waals surface area contributed by atoms with E-state index in [1.807, 2.05) is 0 Å². The van der Waals surface area contributed by atoms with E-state index in [1.54, 1.807) is 0 Å². The van der Waals surface area contributed by atoms with Crippen LogP contribution in [0.4, 0.5) is 0 Å². The van der Waals surface area contributed by atoms with Gasteiger partial charge in [-0.05, 0) is 97.9 Å². The molecule has 3 rings (SSSR count). The first-order valence-corrected chi connectivity index (χ1v) is 20.9. The molecule has 280 valence electrons. The van der Waals surface area contributed by atoms with Gasteiger partial charge < -0.3 is 5.53 Å². The van der Waals surface area contributed by atoms with Crippen LogP contribution in [0.25, 0.3) is 16.9 Å². The summed E-state index contributed by atoms with van der Waals surface area (Å²) in [7, 11) is 0. The smallest absolute Gasteiger partial charge is 0.214 e. The van der Waals surface area contributed by atoms with Crippen molar-refractivity contribution in [2.45, 2.75) is 189 Å². The van der Waals surface area contributed by atoms with E-state index in [-0.39, 0.29) is 16.5 Å². The molecule has 3 heteroatoms. The summed E-state index contributed by atoms with van der Waals surface area (Å²) in [5, 5.41) is 0. The van der Waals surface area contributed by atoms with Crippen LogP contribution in [0.3, 0.4) is 0 Å². The first kappa shape index (κ1) is 43.9. The predicted octanol–water partition coefficient (Wildman–Crippen LogP) is 15.1. The van der Waals surface area contributed by atoms with E-state index in [0.717, 1.165) is 60.2 Å². The minimum Gasteiger partial charge on any atom is -0.493 e.